The molecule has 2 rings (SSSR count). The second-order valence-corrected chi connectivity index (χ2v) is 5.26. The number of hydrogen-bond acceptors (Lipinski definition) is 4. The minimum atomic E-state index is -0.401. The van der Waals surface area contributed by atoms with Crippen LogP contribution in [0.5, 0.6) is 0 Å². The van der Waals surface area contributed by atoms with Crippen LogP contribution in [0.1, 0.15) is 50.1 Å². The van der Waals surface area contributed by atoms with Gasteiger partial charge in [-0.2, -0.15) is 5.10 Å². The molecule has 5 nitrogen and oxygen atoms in total. The molecule has 0 aliphatic heterocycles. The zero-order chi connectivity index (χ0) is 13.7. The van der Waals surface area contributed by atoms with Gasteiger partial charge in [-0.15, -0.1) is 0 Å². The summed E-state index contributed by atoms with van der Waals surface area (Å²) in [5.41, 5.74) is 0.874. The van der Waals surface area contributed by atoms with Gasteiger partial charge in [-0.1, -0.05) is 25.7 Å². The molecule has 1 N–H and O–H groups in total. The Balaban J connectivity index is 2.07. The van der Waals surface area contributed by atoms with E-state index in [0.29, 0.717) is 6.04 Å². The van der Waals surface area contributed by atoms with Crippen LogP contribution < -0.4 is 5.32 Å². The van der Waals surface area contributed by atoms with Crippen LogP contribution >= 0.6 is 0 Å². The average Bonchev–Trinajstić information content (AvgIpc) is 2.68. The fourth-order valence-electron chi connectivity index (χ4n) is 2.69. The summed E-state index contributed by atoms with van der Waals surface area (Å²) < 4.78 is 6.62. The van der Waals surface area contributed by atoms with Gasteiger partial charge < -0.3 is 4.74 Å². The maximum absolute atomic E-state index is 12.0. The first-order valence-electron chi connectivity index (χ1n) is 7.03. The van der Waals surface area contributed by atoms with Gasteiger partial charge in [0.25, 0.3) is 0 Å². The molecule has 1 atom stereocenters. The highest BCUT2D eigenvalue weighted by atomic mass is 16.5. The van der Waals surface area contributed by atoms with E-state index in [-0.39, 0.29) is 5.97 Å². The Kier molecular flexibility index (Phi) is 4.96. The molecular weight excluding hydrogens is 242 g/mol. The maximum Gasteiger partial charge on any atom is 0.327 e. The molecule has 1 aliphatic rings. The van der Waals surface area contributed by atoms with Gasteiger partial charge in [0.15, 0.2) is 0 Å². The lowest BCUT2D eigenvalue weighted by atomic mass is 10.1. The number of rotatable bonds is 4. The van der Waals surface area contributed by atoms with Gasteiger partial charge in [-0.25, -0.2) is 4.79 Å². The predicted octanol–water partition coefficient (Wildman–Crippen LogP) is 1.95. The van der Waals surface area contributed by atoms with Gasteiger partial charge in [0.05, 0.1) is 13.3 Å². The van der Waals surface area contributed by atoms with Crippen LogP contribution in [-0.2, 0) is 16.6 Å². The maximum atomic E-state index is 12.0. The van der Waals surface area contributed by atoms with Crippen molar-refractivity contribution in [2.24, 2.45) is 7.05 Å². The van der Waals surface area contributed by atoms with Gasteiger partial charge in [0, 0.05) is 24.8 Å². The second kappa shape index (κ2) is 6.70. The average molecular weight is 265 g/mol. The topological polar surface area (TPSA) is 56.1 Å². The zero-order valence-corrected chi connectivity index (χ0v) is 11.8. The minimum absolute atomic E-state index is 0.239. The van der Waals surface area contributed by atoms with Gasteiger partial charge in [0.2, 0.25) is 0 Å². The number of hydrogen-bond donors (Lipinski definition) is 1. The van der Waals surface area contributed by atoms with Crippen molar-refractivity contribution in [2.45, 2.75) is 50.6 Å². The van der Waals surface area contributed by atoms with Crippen LogP contribution in [0, 0.1) is 0 Å². The molecule has 0 bridgehead atoms. The molecule has 1 aromatic heterocycles. The quantitative estimate of drug-likeness (QED) is 0.668. The normalized spacial score (nSPS) is 18.8. The molecule has 0 saturated heterocycles. The molecule has 1 aliphatic carbocycles. The van der Waals surface area contributed by atoms with E-state index in [1.165, 1.54) is 32.8 Å². The van der Waals surface area contributed by atoms with Crippen molar-refractivity contribution in [1.29, 1.82) is 0 Å². The molecule has 0 spiro atoms. The Labute approximate surface area is 114 Å². The lowest BCUT2D eigenvalue weighted by molar-refractivity contribution is -0.143. The third-order valence-corrected chi connectivity index (χ3v) is 3.75. The molecule has 1 aromatic rings. The van der Waals surface area contributed by atoms with Gasteiger partial charge in [-0.3, -0.25) is 10.00 Å². The standard InChI is InChI=1S/C14H23N3O2/c1-17-10-11(9-15-17)13(14(18)19-2)16-12-7-5-3-4-6-8-12/h9-10,12-13,16H,3-8H2,1-2H3. The molecule has 1 saturated carbocycles. The first kappa shape index (κ1) is 14.1. The van der Waals surface area contributed by atoms with E-state index >= 15 is 0 Å². The van der Waals surface area contributed by atoms with Gasteiger partial charge in [-0.05, 0) is 12.8 Å². The van der Waals surface area contributed by atoms with Crippen molar-refractivity contribution in [3.8, 4) is 0 Å². The first-order valence-corrected chi connectivity index (χ1v) is 7.03. The molecule has 1 heterocycles. The van der Waals surface area contributed by atoms with Crippen molar-refractivity contribution in [3.63, 3.8) is 0 Å². The van der Waals surface area contributed by atoms with Crippen LogP contribution in [0.25, 0.3) is 0 Å². The minimum Gasteiger partial charge on any atom is -0.468 e. The number of esters is 1. The van der Waals surface area contributed by atoms with Crippen LogP contribution in [0.3, 0.4) is 0 Å². The van der Waals surface area contributed by atoms with Crippen molar-refractivity contribution < 1.29 is 9.53 Å². The summed E-state index contributed by atoms with van der Waals surface area (Å²) in [6.45, 7) is 0. The molecule has 0 aromatic carbocycles. The number of aryl methyl sites for hydroxylation is 1. The fourth-order valence-corrected chi connectivity index (χ4v) is 2.69. The van der Waals surface area contributed by atoms with Gasteiger partial charge in [0.1, 0.15) is 6.04 Å². The Morgan fingerprint density at radius 3 is 2.63 bits per heavy atom. The molecule has 0 radical (unpaired) electrons. The summed E-state index contributed by atoms with van der Waals surface area (Å²) in [5.74, 6) is -0.239. The number of carbonyl (C=O) groups is 1. The summed E-state index contributed by atoms with van der Waals surface area (Å²) in [6.07, 6.45) is 10.9. The fraction of sp³-hybridized carbons (Fsp3) is 0.714. The largest absolute Gasteiger partial charge is 0.468 e. The van der Waals surface area contributed by atoms with E-state index in [0.717, 1.165) is 18.4 Å². The van der Waals surface area contributed by atoms with Crippen LogP contribution in [0.4, 0.5) is 0 Å². The summed E-state index contributed by atoms with van der Waals surface area (Å²) in [7, 11) is 3.28. The highest BCUT2D eigenvalue weighted by Gasteiger charge is 2.26. The SMILES string of the molecule is COC(=O)C(NC1CCCCCC1)c1cnn(C)c1. The second-order valence-electron chi connectivity index (χ2n) is 5.26. The first-order chi connectivity index (χ1) is 9.20. The van der Waals surface area contributed by atoms with E-state index in [4.69, 9.17) is 4.74 Å². The number of methoxy groups -OCH3 is 1. The number of nitrogens with zero attached hydrogens (tertiary/aromatic N) is 2. The number of ether oxygens (including phenoxy) is 1. The van der Waals surface area contributed by atoms with Crippen molar-refractivity contribution >= 4 is 5.97 Å². The van der Waals surface area contributed by atoms with E-state index in [2.05, 4.69) is 10.4 Å². The molecule has 19 heavy (non-hydrogen) atoms. The van der Waals surface area contributed by atoms with Crippen LogP contribution in [0.2, 0.25) is 0 Å². The molecule has 5 heteroatoms. The molecule has 106 valence electrons. The zero-order valence-electron chi connectivity index (χ0n) is 11.8. The van der Waals surface area contributed by atoms with E-state index in [1.807, 2.05) is 13.2 Å². The number of carbonyl (C=O) groups excluding carboxylic acids is 1. The summed E-state index contributed by atoms with van der Waals surface area (Å²) >= 11 is 0. The van der Waals surface area contributed by atoms with E-state index < -0.39 is 6.04 Å². The molecule has 0 amide bonds. The Bertz CT molecular complexity index is 409. The van der Waals surface area contributed by atoms with Crippen LogP contribution in [-0.4, -0.2) is 28.9 Å². The monoisotopic (exact) mass is 265 g/mol. The predicted molar refractivity (Wildman–Crippen MR) is 72.6 cm³/mol. The van der Waals surface area contributed by atoms with Crippen molar-refractivity contribution in [1.82, 2.24) is 15.1 Å². The third-order valence-electron chi connectivity index (χ3n) is 3.75. The lowest BCUT2D eigenvalue weighted by Crippen LogP contribution is -2.37. The van der Waals surface area contributed by atoms with Crippen molar-refractivity contribution in [3.05, 3.63) is 18.0 Å². The summed E-state index contributed by atoms with van der Waals surface area (Å²) in [6, 6.07) is -0.00592. The molecule has 1 unspecified atom stereocenters. The van der Waals surface area contributed by atoms with Crippen LogP contribution in [0.15, 0.2) is 12.4 Å². The summed E-state index contributed by atoms with van der Waals surface area (Å²) in [5, 5.41) is 7.58. The molecular formula is C14H23N3O2. The molecule has 1 fully saturated rings. The lowest BCUT2D eigenvalue weighted by Gasteiger charge is -2.22. The Hall–Kier alpha value is -1.36. The Morgan fingerprint density at radius 1 is 1.42 bits per heavy atom. The number of aromatic nitrogens is 2. The highest BCUT2D eigenvalue weighted by molar-refractivity contribution is 5.77. The van der Waals surface area contributed by atoms with E-state index in [9.17, 15) is 4.79 Å². The van der Waals surface area contributed by atoms with Gasteiger partial charge >= 0.3 is 5.97 Å². The van der Waals surface area contributed by atoms with Crippen molar-refractivity contribution in [2.75, 3.05) is 7.11 Å². The third kappa shape index (κ3) is 3.80. The smallest absolute Gasteiger partial charge is 0.327 e. The Morgan fingerprint density at radius 2 is 2.11 bits per heavy atom. The highest BCUT2D eigenvalue weighted by Crippen LogP contribution is 2.21. The van der Waals surface area contributed by atoms with E-state index in [1.54, 1.807) is 10.9 Å². The number of nitrogens with one attached hydrogen (secondary N) is 1. The summed E-state index contributed by atoms with van der Waals surface area (Å²) in [4.78, 5) is 12.0.